The van der Waals surface area contributed by atoms with Gasteiger partial charge < -0.3 is 10.5 Å². The number of ether oxygens (including phenoxy) is 1. The van der Waals surface area contributed by atoms with Crippen LogP contribution in [-0.4, -0.2) is 36.7 Å². The molecule has 2 heterocycles. The molecule has 3 nitrogen and oxygen atoms in total. The number of nitrogens with two attached hydrogens (primary N) is 1. The second kappa shape index (κ2) is 5.47. The van der Waals surface area contributed by atoms with Gasteiger partial charge in [-0.05, 0) is 50.3 Å². The lowest BCUT2D eigenvalue weighted by Gasteiger charge is -2.34. The predicted molar refractivity (Wildman–Crippen MR) is 81.9 cm³/mol. The van der Waals surface area contributed by atoms with Crippen molar-refractivity contribution >= 4 is 0 Å². The highest BCUT2D eigenvalue weighted by Crippen LogP contribution is 2.28. The summed E-state index contributed by atoms with van der Waals surface area (Å²) in [4.78, 5) is 2.50. The van der Waals surface area contributed by atoms with Gasteiger partial charge in [-0.1, -0.05) is 17.7 Å². The van der Waals surface area contributed by atoms with Gasteiger partial charge in [0.1, 0.15) is 0 Å². The molecule has 3 unspecified atom stereocenters. The number of morpholine rings is 1. The molecule has 1 aromatic rings. The van der Waals surface area contributed by atoms with Crippen LogP contribution in [-0.2, 0) is 4.74 Å². The SMILES string of the molecule is Cc1cc(C)c(C(N)CN2CC3CCC(C2)O3)c(C)c1. The minimum Gasteiger partial charge on any atom is -0.372 e. The molecule has 20 heavy (non-hydrogen) atoms. The standard InChI is InChI=1S/C17H26N2O/c1-11-6-12(2)17(13(3)7-11)16(18)10-19-8-14-4-5-15(9-19)20-14/h6-7,14-16H,4-5,8-10,18H2,1-3H3. The summed E-state index contributed by atoms with van der Waals surface area (Å²) in [6.45, 7) is 9.55. The van der Waals surface area contributed by atoms with Crippen LogP contribution in [0.1, 0.15) is 41.1 Å². The van der Waals surface area contributed by atoms with Crippen molar-refractivity contribution in [1.29, 1.82) is 0 Å². The maximum absolute atomic E-state index is 6.51. The van der Waals surface area contributed by atoms with E-state index in [1.54, 1.807) is 0 Å². The molecule has 0 aromatic heterocycles. The smallest absolute Gasteiger partial charge is 0.0707 e. The summed E-state index contributed by atoms with van der Waals surface area (Å²) in [5, 5.41) is 0. The molecule has 0 spiro atoms. The molecule has 3 atom stereocenters. The average molecular weight is 274 g/mol. The Morgan fingerprint density at radius 3 is 2.25 bits per heavy atom. The maximum Gasteiger partial charge on any atom is 0.0707 e. The van der Waals surface area contributed by atoms with Crippen molar-refractivity contribution in [2.45, 2.75) is 51.9 Å². The fourth-order valence-corrected chi connectivity index (χ4v) is 3.99. The second-order valence-corrected chi connectivity index (χ2v) is 6.59. The Labute approximate surface area is 122 Å². The number of nitrogens with zero attached hydrogens (tertiary/aromatic N) is 1. The van der Waals surface area contributed by atoms with Crippen LogP contribution in [0.25, 0.3) is 0 Å². The molecule has 2 N–H and O–H groups in total. The van der Waals surface area contributed by atoms with Crippen molar-refractivity contribution in [2.75, 3.05) is 19.6 Å². The first kappa shape index (κ1) is 14.1. The molecule has 2 aliphatic rings. The summed E-state index contributed by atoms with van der Waals surface area (Å²) in [6.07, 6.45) is 3.33. The Morgan fingerprint density at radius 2 is 1.70 bits per heavy atom. The lowest BCUT2D eigenvalue weighted by Crippen LogP contribution is -2.45. The van der Waals surface area contributed by atoms with E-state index < -0.39 is 0 Å². The van der Waals surface area contributed by atoms with E-state index in [1.165, 1.54) is 35.1 Å². The first-order chi connectivity index (χ1) is 9.52. The van der Waals surface area contributed by atoms with E-state index in [0.29, 0.717) is 12.2 Å². The van der Waals surface area contributed by atoms with Crippen molar-refractivity contribution < 1.29 is 4.74 Å². The third-order valence-electron chi connectivity index (χ3n) is 4.68. The summed E-state index contributed by atoms with van der Waals surface area (Å²) in [6, 6.07) is 4.59. The molecule has 0 saturated carbocycles. The van der Waals surface area contributed by atoms with Crippen molar-refractivity contribution in [2.24, 2.45) is 5.73 Å². The number of hydrogen-bond acceptors (Lipinski definition) is 3. The van der Waals surface area contributed by atoms with E-state index in [-0.39, 0.29) is 6.04 Å². The van der Waals surface area contributed by atoms with Crippen LogP contribution < -0.4 is 5.73 Å². The Balaban J connectivity index is 1.72. The van der Waals surface area contributed by atoms with Gasteiger partial charge in [0.2, 0.25) is 0 Å². The monoisotopic (exact) mass is 274 g/mol. The van der Waals surface area contributed by atoms with Crippen LogP contribution in [0.15, 0.2) is 12.1 Å². The lowest BCUT2D eigenvalue weighted by molar-refractivity contribution is -0.0397. The van der Waals surface area contributed by atoms with E-state index in [1.807, 2.05) is 0 Å². The number of hydrogen-bond donors (Lipinski definition) is 1. The molecule has 2 fully saturated rings. The van der Waals surface area contributed by atoms with Crippen molar-refractivity contribution in [3.8, 4) is 0 Å². The molecule has 0 amide bonds. The van der Waals surface area contributed by atoms with E-state index in [0.717, 1.165) is 19.6 Å². The summed E-state index contributed by atoms with van der Waals surface area (Å²) in [7, 11) is 0. The number of rotatable bonds is 3. The van der Waals surface area contributed by atoms with Gasteiger partial charge in [0.15, 0.2) is 0 Å². The maximum atomic E-state index is 6.51. The van der Waals surface area contributed by atoms with E-state index in [4.69, 9.17) is 10.5 Å². The van der Waals surface area contributed by atoms with Crippen LogP contribution in [0.2, 0.25) is 0 Å². The summed E-state index contributed by atoms with van der Waals surface area (Å²) in [5.74, 6) is 0. The molecule has 0 radical (unpaired) electrons. The molecule has 2 bridgehead atoms. The van der Waals surface area contributed by atoms with Gasteiger partial charge in [0.05, 0.1) is 12.2 Å². The van der Waals surface area contributed by atoms with Gasteiger partial charge in [-0.25, -0.2) is 0 Å². The highest BCUT2D eigenvalue weighted by molar-refractivity contribution is 5.39. The average Bonchev–Trinajstić information content (AvgIpc) is 2.67. The van der Waals surface area contributed by atoms with E-state index >= 15 is 0 Å². The van der Waals surface area contributed by atoms with Gasteiger partial charge in [-0.15, -0.1) is 0 Å². The van der Waals surface area contributed by atoms with Crippen molar-refractivity contribution in [1.82, 2.24) is 4.90 Å². The molecule has 1 aromatic carbocycles. The van der Waals surface area contributed by atoms with Gasteiger partial charge >= 0.3 is 0 Å². The van der Waals surface area contributed by atoms with Crippen LogP contribution in [0.3, 0.4) is 0 Å². The molecule has 0 aliphatic carbocycles. The fraction of sp³-hybridized carbons (Fsp3) is 0.647. The molecular weight excluding hydrogens is 248 g/mol. The lowest BCUT2D eigenvalue weighted by atomic mass is 9.94. The largest absolute Gasteiger partial charge is 0.372 e. The van der Waals surface area contributed by atoms with Crippen LogP contribution in [0.5, 0.6) is 0 Å². The molecule has 110 valence electrons. The summed E-state index contributed by atoms with van der Waals surface area (Å²) >= 11 is 0. The zero-order valence-electron chi connectivity index (χ0n) is 12.9. The third kappa shape index (κ3) is 2.76. The van der Waals surface area contributed by atoms with E-state index in [2.05, 4.69) is 37.8 Å². The summed E-state index contributed by atoms with van der Waals surface area (Å²) in [5.41, 5.74) is 11.8. The first-order valence-corrected chi connectivity index (χ1v) is 7.74. The minimum absolute atomic E-state index is 0.105. The van der Waals surface area contributed by atoms with E-state index in [9.17, 15) is 0 Å². The van der Waals surface area contributed by atoms with Crippen molar-refractivity contribution in [3.63, 3.8) is 0 Å². The third-order valence-corrected chi connectivity index (χ3v) is 4.68. The zero-order chi connectivity index (χ0) is 14.3. The Morgan fingerprint density at radius 1 is 1.15 bits per heavy atom. The number of likely N-dealkylation sites (tertiary alicyclic amines) is 1. The minimum atomic E-state index is 0.105. The van der Waals surface area contributed by atoms with Gasteiger partial charge in [0.25, 0.3) is 0 Å². The Kier molecular flexibility index (Phi) is 3.85. The Bertz CT molecular complexity index is 465. The van der Waals surface area contributed by atoms with Crippen LogP contribution >= 0.6 is 0 Å². The topological polar surface area (TPSA) is 38.5 Å². The first-order valence-electron chi connectivity index (χ1n) is 7.74. The number of aryl methyl sites for hydroxylation is 3. The summed E-state index contributed by atoms with van der Waals surface area (Å²) < 4.78 is 5.90. The van der Waals surface area contributed by atoms with Gasteiger partial charge in [-0.3, -0.25) is 4.90 Å². The predicted octanol–water partition coefficient (Wildman–Crippen LogP) is 2.47. The zero-order valence-corrected chi connectivity index (χ0v) is 12.9. The van der Waals surface area contributed by atoms with Gasteiger partial charge in [0, 0.05) is 25.7 Å². The Hall–Kier alpha value is -0.900. The fourth-order valence-electron chi connectivity index (χ4n) is 3.99. The second-order valence-electron chi connectivity index (χ2n) is 6.59. The van der Waals surface area contributed by atoms with Crippen molar-refractivity contribution in [3.05, 3.63) is 34.4 Å². The molecular formula is C17H26N2O. The molecule has 2 aliphatic heterocycles. The van der Waals surface area contributed by atoms with Gasteiger partial charge in [-0.2, -0.15) is 0 Å². The highest BCUT2D eigenvalue weighted by Gasteiger charge is 2.34. The quantitative estimate of drug-likeness (QED) is 0.920. The molecule has 3 heteroatoms. The number of benzene rings is 1. The number of fused-ring (bicyclic) bond motifs is 2. The van der Waals surface area contributed by atoms with Crippen LogP contribution in [0, 0.1) is 20.8 Å². The highest BCUT2D eigenvalue weighted by atomic mass is 16.5. The molecule has 2 saturated heterocycles. The van der Waals surface area contributed by atoms with Crippen LogP contribution in [0.4, 0.5) is 0 Å². The molecule has 3 rings (SSSR count). The normalized spacial score (nSPS) is 27.8.